The van der Waals surface area contributed by atoms with Gasteiger partial charge in [0.15, 0.2) is 12.1 Å². The first-order valence-corrected chi connectivity index (χ1v) is 16.6. The Balaban J connectivity index is 1.54. The van der Waals surface area contributed by atoms with Gasteiger partial charge in [-0.15, -0.1) is 0 Å². The Bertz CT molecular complexity index is 1320. The van der Waals surface area contributed by atoms with E-state index in [0.717, 1.165) is 24.1 Å². The molecule has 0 amide bonds. The van der Waals surface area contributed by atoms with E-state index in [0.29, 0.717) is 49.9 Å². The Kier molecular flexibility index (Phi) is 10.6. The third-order valence-electron chi connectivity index (χ3n) is 9.48. The fourth-order valence-electron chi connectivity index (χ4n) is 7.12. The minimum atomic E-state index is -1.47. The predicted octanol–water partition coefficient (Wildman–Crippen LogP) is 6.29. The molecule has 2 aromatic carbocycles. The number of likely N-dealkylation sites (tertiary alicyclic amines) is 1. The molecule has 1 heterocycles. The number of Topliss-reactive ketones (excluding diaryl/α,β-unsaturated/α-hetero) is 1. The molecule has 0 spiro atoms. The van der Waals surface area contributed by atoms with Crippen molar-refractivity contribution in [3.8, 4) is 0 Å². The maximum Gasteiger partial charge on any atom is 0.316 e. The largest absolute Gasteiger partial charge is 0.465 e. The highest BCUT2D eigenvalue weighted by Gasteiger charge is 2.70. The van der Waals surface area contributed by atoms with Crippen molar-refractivity contribution in [3.05, 3.63) is 95.1 Å². The first-order valence-electron chi connectivity index (χ1n) is 15.8. The number of aliphatic hydroxyl groups is 1. The van der Waals surface area contributed by atoms with Crippen LogP contribution in [-0.2, 0) is 37.0 Å². The van der Waals surface area contributed by atoms with Crippen LogP contribution in [0.3, 0.4) is 0 Å². The van der Waals surface area contributed by atoms with E-state index in [-0.39, 0.29) is 38.0 Å². The van der Waals surface area contributed by atoms with Crippen molar-refractivity contribution in [1.82, 2.24) is 4.90 Å². The van der Waals surface area contributed by atoms with E-state index in [1.165, 1.54) is 0 Å². The number of allylic oxidation sites excluding steroid dienone is 1. The van der Waals surface area contributed by atoms with Crippen molar-refractivity contribution >= 4 is 27.7 Å². The topological polar surface area (TPSA) is 85.3 Å². The number of carbonyl (C=O) groups excluding carboxylic acids is 2. The van der Waals surface area contributed by atoms with Gasteiger partial charge in [-0.25, -0.2) is 0 Å². The molecule has 1 aliphatic heterocycles. The maximum absolute atomic E-state index is 13.8. The Labute approximate surface area is 269 Å². The number of benzene rings is 2. The van der Waals surface area contributed by atoms with E-state index < -0.39 is 21.6 Å². The highest BCUT2D eigenvalue weighted by molar-refractivity contribution is 9.10. The summed E-state index contributed by atoms with van der Waals surface area (Å²) < 4.78 is 17.8. The Hall–Kier alpha value is -2.62. The third kappa shape index (κ3) is 6.51. The molecule has 5 rings (SSSR count). The number of hydrogen-bond acceptors (Lipinski definition) is 7. The number of ketones is 1. The van der Waals surface area contributed by atoms with Crippen LogP contribution < -0.4 is 0 Å². The smallest absolute Gasteiger partial charge is 0.316 e. The third-order valence-corrected chi connectivity index (χ3v) is 10.8. The summed E-state index contributed by atoms with van der Waals surface area (Å²) in [4.78, 5) is 29.2. The summed E-state index contributed by atoms with van der Waals surface area (Å²) in [6, 6.07) is 19.7. The molecular formula is C36H44BrNO6. The molecule has 8 heteroatoms. The van der Waals surface area contributed by atoms with Crippen LogP contribution in [0.1, 0.15) is 63.5 Å². The molecule has 3 aliphatic rings. The normalized spacial score (nSPS) is 27.4. The monoisotopic (exact) mass is 665 g/mol. The van der Waals surface area contributed by atoms with Gasteiger partial charge in [-0.05, 0) is 50.3 Å². The second kappa shape index (κ2) is 14.2. The summed E-state index contributed by atoms with van der Waals surface area (Å²) in [6.45, 7) is 6.45. The minimum absolute atomic E-state index is 0.0227. The van der Waals surface area contributed by atoms with Crippen molar-refractivity contribution in [1.29, 1.82) is 0 Å². The summed E-state index contributed by atoms with van der Waals surface area (Å²) in [5, 5.41) is 12.8. The zero-order chi connectivity index (χ0) is 31.2. The van der Waals surface area contributed by atoms with Crippen LogP contribution in [0.2, 0.25) is 0 Å². The minimum Gasteiger partial charge on any atom is -0.465 e. The zero-order valence-corrected chi connectivity index (χ0v) is 27.4. The van der Waals surface area contributed by atoms with Gasteiger partial charge in [0.05, 0.1) is 24.1 Å². The van der Waals surface area contributed by atoms with Crippen LogP contribution >= 0.6 is 15.9 Å². The lowest BCUT2D eigenvalue weighted by Crippen LogP contribution is -2.75. The highest BCUT2D eigenvalue weighted by Crippen LogP contribution is 2.59. The molecule has 2 bridgehead atoms. The molecule has 0 unspecified atom stereocenters. The van der Waals surface area contributed by atoms with Crippen molar-refractivity contribution in [2.75, 3.05) is 26.2 Å². The molecule has 1 saturated carbocycles. The number of carbonyl (C=O) groups is 2. The zero-order valence-electron chi connectivity index (χ0n) is 25.8. The average molecular weight is 667 g/mol. The van der Waals surface area contributed by atoms with Crippen molar-refractivity contribution < 1.29 is 28.9 Å². The number of ether oxygens (including phenoxy) is 3. The molecule has 3 atom stereocenters. The Morgan fingerprint density at radius 2 is 1.64 bits per heavy atom. The highest BCUT2D eigenvalue weighted by atomic mass is 79.9. The molecule has 2 aliphatic carbocycles. The van der Waals surface area contributed by atoms with Crippen LogP contribution in [-0.4, -0.2) is 64.2 Å². The number of piperidine rings is 1. The molecule has 2 fully saturated rings. The number of nitrogens with zero attached hydrogens (tertiary/aromatic N) is 1. The lowest BCUT2D eigenvalue weighted by atomic mass is 9.54. The lowest BCUT2D eigenvalue weighted by Gasteiger charge is -2.62. The van der Waals surface area contributed by atoms with E-state index in [2.05, 4.69) is 27.8 Å². The van der Waals surface area contributed by atoms with Crippen molar-refractivity contribution in [2.45, 2.75) is 81.8 Å². The maximum atomic E-state index is 13.8. The van der Waals surface area contributed by atoms with Crippen LogP contribution in [0.5, 0.6) is 0 Å². The quantitative estimate of drug-likeness (QED) is 0.153. The summed E-state index contributed by atoms with van der Waals surface area (Å²) in [7, 11) is 0. The second-order valence-corrected chi connectivity index (χ2v) is 13.7. The molecule has 7 nitrogen and oxygen atoms in total. The lowest BCUT2D eigenvalue weighted by molar-refractivity contribution is -0.207. The van der Waals surface area contributed by atoms with Gasteiger partial charge in [0.2, 0.25) is 0 Å². The molecule has 0 radical (unpaired) electrons. The SMILES string of the molecule is CCOC(=O)[C@]12CCC[C@](Br)(CN(CC)C1)[C@]2(O)C/C=C(\C1=CCCC1=O)C(OCc1ccccc1)OCc1ccccc1. The van der Waals surface area contributed by atoms with Gasteiger partial charge in [-0.2, -0.15) is 0 Å². The fraction of sp³-hybridized carbons (Fsp3) is 0.500. The molecule has 0 aromatic heterocycles. The van der Waals surface area contributed by atoms with E-state index in [1.54, 1.807) is 6.92 Å². The van der Waals surface area contributed by atoms with Crippen molar-refractivity contribution in [3.63, 3.8) is 0 Å². The van der Waals surface area contributed by atoms with Crippen LogP contribution in [0, 0.1) is 5.41 Å². The van der Waals surface area contributed by atoms with E-state index in [4.69, 9.17) is 14.2 Å². The van der Waals surface area contributed by atoms with Crippen LogP contribution in [0.4, 0.5) is 0 Å². The molecule has 44 heavy (non-hydrogen) atoms. The summed E-state index contributed by atoms with van der Waals surface area (Å²) in [6.07, 6.45) is 6.19. The summed E-state index contributed by atoms with van der Waals surface area (Å²) in [5.41, 5.74) is 0.524. The number of hydrogen-bond donors (Lipinski definition) is 1. The number of alkyl halides is 1. The van der Waals surface area contributed by atoms with Gasteiger partial charge < -0.3 is 24.2 Å². The second-order valence-electron chi connectivity index (χ2n) is 12.2. The predicted molar refractivity (Wildman–Crippen MR) is 173 cm³/mol. The first-order chi connectivity index (χ1) is 21.2. The molecule has 1 N–H and O–H groups in total. The first kappa shape index (κ1) is 32.8. The standard InChI is InChI=1S/C36H44BrNO6/c1-3-38-25-34(33(40)42-4-2)20-12-21-35(37,26-38)36(34,41)22-19-30(29-17-11-18-31(29)39)32(43-23-27-13-7-5-8-14-27)44-24-28-15-9-6-10-16-28/h5-10,13-17,19,32,41H,3-4,11-12,18,20-26H2,1-2H3/b30-19+/t34-,35-,36-/m0/s1. The van der Waals surface area contributed by atoms with Crippen LogP contribution in [0.25, 0.3) is 0 Å². The number of halogens is 1. The van der Waals surface area contributed by atoms with E-state index in [1.807, 2.05) is 72.8 Å². The van der Waals surface area contributed by atoms with Crippen molar-refractivity contribution in [2.24, 2.45) is 5.41 Å². The van der Waals surface area contributed by atoms with E-state index >= 15 is 0 Å². The molecular weight excluding hydrogens is 622 g/mol. The number of esters is 1. The van der Waals surface area contributed by atoms with E-state index in [9.17, 15) is 14.7 Å². The molecule has 2 aromatic rings. The van der Waals surface area contributed by atoms with Gasteiger partial charge in [0.25, 0.3) is 0 Å². The fourth-order valence-corrected chi connectivity index (χ4v) is 8.29. The summed E-state index contributed by atoms with van der Waals surface area (Å²) in [5.74, 6) is -0.345. The summed E-state index contributed by atoms with van der Waals surface area (Å²) >= 11 is 3.98. The van der Waals surface area contributed by atoms with Gasteiger partial charge in [0.1, 0.15) is 11.0 Å². The van der Waals surface area contributed by atoms with Gasteiger partial charge in [-0.3, -0.25) is 9.59 Å². The van der Waals surface area contributed by atoms with Gasteiger partial charge in [0, 0.05) is 30.7 Å². The number of rotatable bonds is 13. The number of fused-ring (bicyclic) bond motifs is 2. The molecule has 1 saturated heterocycles. The van der Waals surface area contributed by atoms with Gasteiger partial charge >= 0.3 is 5.97 Å². The Morgan fingerprint density at radius 3 is 2.18 bits per heavy atom. The molecule has 236 valence electrons. The van der Waals surface area contributed by atoms with Crippen LogP contribution in [0.15, 0.2) is 84.0 Å². The average Bonchev–Trinajstić information content (AvgIpc) is 3.45. The Morgan fingerprint density at radius 1 is 1.00 bits per heavy atom. The van der Waals surface area contributed by atoms with Gasteiger partial charge in [-0.1, -0.05) is 102 Å².